The van der Waals surface area contributed by atoms with Crippen LogP contribution in [0.2, 0.25) is 0 Å². The zero-order valence-electron chi connectivity index (χ0n) is 12.4. The molecule has 1 aliphatic heterocycles. The van der Waals surface area contributed by atoms with Gasteiger partial charge in [-0.15, -0.1) is 0 Å². The number of esters is 1. The number of nitrogens with one attached hydrogen (secondary N) is 1. The second-order valence-corrected chi connectivity index (χ2v) is 5.88. The van der Waals surface area contributed by atoms with Crippen LogP contribution < -0.4 is 5.32 Å². The molecule has 1 aromatic carbocycles. The molecule has 1 spiro atoms. The molecule has 2 unspecified atom stereocenters. The van der Waals surface area contributed by atoms with E-state index in [9.17, 15) is 14.4 Å². The van der Waals surface area contributed by atoms with Crippen molar-refractivity contribution in [3.8, 4) is 0 Å². The van der Waals surface area contributed by atoms with E-state index in [0.717, 1.165) is 5.56 Å². The molecule has 1 aliphatic carbocycles. The topological polar surface area (TPSA) is 75.7 Å². The molecule has 6 nitrogen and oxygen atoms in total. The summed E-state index contributed by atoms with van der Waals surface area (Å²) < 4.78 is 5.34. The van der Waals surface area contributed by atoms with Gasteiger partial charge in [0.15, 0.2) is 0 Å². The van der Waals surface area contributed by atoms with Crippen LogP contribution in [0.4, 0.5) is 4.79 Å². The van der Waals surface area contributed by atoms with Crippen LogP contribution in [0, 0.1) is 5.92 Å². The zero-order chi connectivity index (χ0) is 15.7. The predicted octanol–water partition coefficient (Wildman–Crippen LogP) is 1.45. The summed E-state index contributed by atoms with van der Waals surface area (Å²) in [5.41, 5.74) is 0.0440. The Kier molecular flexibility index (Phi) is 3.60. The molecule has 1 heterocycles. The van der Waals surface area contributed by atoms with Gasteiger partial charge in [0.25, 0.3) is 5.91 Å². The normalized spacial score (nSPS) is 27.3. The van der Waals surface area contributed by atoms with Gasteiger partial charge >= 0.3 is 12.0 Å². The van der Waals surface area contributed by atoms with Gasteiger partial charge in [0, 0.05) is 7.05 Å². The van der Waals surface area contributed by atoms with Crippen LogP contribution in [-0.2, 0) is 20.9 Å². The molecule has 1 saturated heterocycles. The molecular formula is C16H18N2O4. The van der Waals surface area contributed by atoms with Crippen LogP contribution in [0.25, 0.3) is 0 Å². The van der Waals surface area contributed by atoms with Gasteiger partial charge < -0.3 is 9.64 Å². The van der Waals surface area contributed by atoms with E-state index in [1.165, 1.54) is 4.90 Å². The Hall–Kier alpha value is -2.37. The maximum atomic E-state index is 12.2. The van der Waals surface area contributed by atoms with E-state index in [-0.39, 0.29) is 24.4 Å². The molecule has 1 aromatic rings. The molecule has 2 atom stereocenters. The fourth-order valence-electron chi connectivity index (χ4n) is 3.23. The van der Waals surface area contributed by atoms with E-state index in [0.29, 0.717) is 19.3 Å². The van der Waals surface area contributed by atoms with Gasteiger partial charge in [-0.05, 0) is 24.8 Å². The number of likely N-dealkylation sites (N-methyl/N-ethyl adjacent to an activating group) is 1. The first kappa shape index (κ1) is 14.6. The predicted molar refractivity (Wildman–Crippen MR) is 77.6 cm³/mol. The molecule has 3 amide bonds. The molecule has 22 heavy (non-hydrogen) atoms. The summed E-state index contributed by atoms with van der Waals surface area (Å²) in [7, 11) is 1.60. The van der Waals surface area contributed by atoms with E-state index < -0.39 is 11.6 Å². The highest BCUT2D eigenvalue weighted by atomic mass is 16.5. The van der Waals surface area contributed by atoms with Crippen molar-refractivity contribution < 1.29 is 19.1 Å². The smallest absolute Gasteiger partial charge is 0.324 e. The highest BCUT2D eigenvalue weighted by molar-refractivity contribution is 6.07. The lowest BCUT2D eigenvalue weighted by Gasteiger charge is -2.27. The van der Waals surface area contributed by atoms with Crippen molar-refractivity contribution in [3.63, 3.8) is 0 Å². The molecule has 2 fully saturated rings. The Morgan fingerprint density at radius 2 is 2.09 bits per heavy atom. The SMILES string of the molecule is CN1C(=O)NC(=O)C12CCC(C(=O)OCc1ccccc1)C2. The highest BCUT2D eigenvalue weighted by Gasteiger charge is 2.56. The molecule has 0 radical (unpaired) electrons. The van der Waals surface area contributed by atoms with Crippen molar-refractivity contribution in [1.29, 1.82) is 0 Å². The van der Waals surface area contributed by atoms with E-state index in [4.69, 9.17) is 4.74 Å². The number of nitrogens with zero attached hydrogens (tertiary/aromatic N) is 1. The van der Waals surface area contributed by atoms with Gasteiger partial charge in [0.05, 0.1) is 5.92 Å². The minimum Gasteiger partial charge on any atom is -0.461 e. The molecule has 1 N–H and O–H groups in total. The third-order valence-electron chi connectivity index (χ3n) is 4.64. The van der Waals surface area contributed by atoms with Crippen molar-refractivity contribution in [2.75, 3.05) is 7.05 Å². The van der Waals surface area contributed by atoms with Gasteiger partial charge in [-0.25, -0.2) is 4.79 Å². The maximum Gasteiger partial charge on any atom is 0.324 e. The summed E-state index contributed by atoms with van der Waals surface area (Å²) in [6.07, 6.45) is 1.37. The number of carbonyl (C=O) groups is 3. The van der Waals surface area contributed by atoms with Crippen LogP contribution in [0.5, 0.6) is 0 Å². The molecule has 0 bridgehead atoms. The molecular weight excluding hydrogens is 284 g/mol. The molecule has 3 rings (SSSR count). The lowest BCUT2D eigenvalue weighted by Crippen LogP contribution is -2.45. The fraction of sp³-hybridized carbons (Fsp3) is 0.438. The van der Waals surface area contributed by atoms with E-state index in [1.807, 2.05) is 30.3 Å². The standard InChI is InChI=1S/C16H18N2O4/c1-18-15(21)17-14(20)16(18)8-7-12(9-16)13(19)22-10-11-5-3-2-4-6-11/h2-6,12H,7-10H2,1H3,(H,17,20,21). The third kappa shape index (κ3) is 2.34. The Morgan fingerprint density at radius 1 is 1.36 bits per heavy atom. The van der Waals surface area contributed by atoms with Gasteiger partial charge in [-0.2, -0.15) is 0 Å². The second-order valence-electron chi connectivity index (χ2n) is 5.88. The van der Waals surface area contributed by atoms with E-state index >= 15 is 0 Å². The van der Waals surface area contributed by atoms with Crippen LogP contribution >= 0.6 is 0 Å². The summed E-state index contributed by atoms with van der Waals surface area (Å²) in [4.78, 5) is 37.3. The number of ether oxygens (including phenoxy) is 1. The summed E-state index contributed by atoms with van der Waals surface area (Å²) in [6, 6.07) is 9.05. The highest BCUT2D eigenvalue weighted by Crippen LogP contribution is 2.41. The summed E-state index contributed by atoms with van der Waals surface area (Å²) >= 11 is 0. The van der Waals surface area contributed by atoms with Gasteiger partial charge in [-0.3, -0.25) is 14.9 Å². The molecule has 2 aliphatic rings. The van der Waals surface area contributed by atoms with Gasteiger partial charge in [-0.1, -0.05) is 30.3 Å². The molecule has 0 aromatic heterocycles. The first-order valence-corrected chi connectivity index (χ1v) is 7.33. The number of hydrogen-bond acceptors (Lipinski definition) is 4. The van der Waals surface area contributed by atoms with E-state index in [1.54, 1.807) is 7.05 Å². The minimum atomic E-state index is -0.881. The monoisotopic (exact) mass is 302 g/mol. The number of rotatable bonds is 3. The Labute approximate surface area is 128 Å². The number of amides is 3. The van der Waals surface area contributed by atoms with Crippen molar-refractivity contribution in [2.24, 2.45) is 5.92 Å². The lowest BCUT2D eigenvalue weighted by atomic mass is 9.95. The Bertz CT molecular complexity index is 616. The van der Waals surface area contributed by atoms with Crippen LogP contribution in [-0.4, -0.2) is 35.4 Å². The Morgan fingerprint density at radius 3 is 2.73 bits per heavy atom. The number of hydrogen-bond donors (Lipinski definition) is 1. The number of carbonyl (C=O) groups excluding carboxylic acids is 3. The summed E-state index contributed by atoms with van der Waals surface area (Å²) in [5, 5.41) is 2.31. The molecule has 6 heteroatoms. The first-order chi connectivity index (χ1) is 10.5. The third-order valence-corrected chi connectivity index (χ3v) is 4.64. The van der Waals surface area contributed by atoms with Crippen LogP contribution in [0.1, 0.15) is 24.8 Å². The first-order valence-electron chi connectivity index (χ1n) is 7.33. The number of benzene rings is 1. The maximum absolute atomic E-state index is 12.2. The lowest BCUT2D eigenvalue weighted by molar-refractivity contribution is -0.150. The van der Waals surface area contributed by atoms with Gasteiger partial charge in [0.2, 0.25) is 0 Å². The summed E-state index contributed by atoms with van der Waals surface area (Å²) in [5.74, 6) is -0.956. The van der Waals surface area contributed by atoms with Crippen molar-refractivity contribution in [2.45, 2.75) is 31.4 Å². The Balaban J connectivity index is 1.62. The fourth-order valence-corrected chi connectivity index (χ4v) is 3.23. The average molecular weight is 302 g/mol. The van der Waals surface area contributed by atoms with Crippen LogP contribution in [0.15, 0.2) is 30.3 Å². The quantitative estimate of drug-likeness (QED) is 0.677. The molecule has 116 valence electrons. The van der Waals surface area contributed by atoms with Crippen molar-refractivity contribution in [1.82, 2.24) is 10.2 Å². The minimum absolute atomic E-state index is 0.226. The van der Waals surface area contributed by atoms with Gasteiger partial charge in [0.1, 0.15) is 12.1 Å². The number of urea groups is 1. The van der Waals surface area contributed by atoms with E-state index in [2.05, 4.69) is 5.32 Å². The summed E-state index contributed by atoms with van der Waals surface area (Å²) in [6.45, 7) is 0.226. The van der Waals surface area contributed by atoms with Crippen molar-refractivity contribution in [3.05, 3.63) is 35.9 Å². The zero-order valence-corrected chi connectivity index (χ0v) is 12.4. The largest absolute Gasteiger partial charge is 0.461 e. The average Bonchev–Trinajstić information content (AvgIpc) is 3.06. The van der Waals surface area contributed by atoms with Crippen LogP contribution in [0.3, 0.4) is 0 Å². The van der Waals surface area contributed by atoms with Crippen molar-refractivity contribution >= 4 is 17.9 Å². The molecule has 1 saturated carbocycles. The second kappa shape index (κ2) is 5.44. The number of imide groups is 1.